The summed E-state index contributed by atoms with van der Waals surface area (Å²) in [5.41, 5.74) is 8.68. The number of carboxylic acids is 1. The van der Waals surface area contributed by atoms with E-state index in [4.69, 9.17) is 5.73 Å². The van der Waals surface area contributed by atoms with Crippen molar-refractivity contribution in [2.45, 2.75) is 147 Å². The first-order valence-electron chi connectivity index (χ1n) is 19.7. The Balaban J connectivity index is 1.29. The number of hydrogen-bond donors (Lipinski definition) is 7. The van der Waals surface area contributed by atoms with Crippen molar-refractivity contribution in [2.24, 2.45) is 41.2 Å². The second-order valence-electron chi connectivity index (χ2n) is 16.1. The number of nitrogens with two attached hydrogens (primary N) is 1. The van der Waals surface area contributed by atoms with Crippen LogP contribution >= 0.6 is 0 Å². The SMILES string of the molecule is CCCCC[C@@H]1C=C[C@@H](CCCC[C@H]2CC[C@@H](c3cc(CC)c[nH]3)[C@@H]3C[C@H](CC4=CCNC(N)=C4)C[C@@]3(O)CC[C@H](O)[C@H]2C(=O)O)[C@H](O)C1. The van der Waals surface area contributed by atoms with Gasteiger partial charge in [-0.3, -0.25) is 4.79 Å². The number of aryl methyl sites for hydroxylation is 1. The summed E-state index contributed by atoms with van der Waals surface area (Å²) in [4.78, 5) is 16.3. The standard InChI is InChI=1S/C41H65N3O5/c1-3-5-6-9-28-12-13-31(37(46)23-28)10-7-8-11-32-14-15-33(35-22-27(4-2)26-44-35)34-21-30(20-29-17-19-43-38(42)24-29)25-41(34,49)18-16-36(45)39(32)40(47)48/h12-13,17,22,24,26,28,30-34,36-37,39,43-46,49H,3-11,14-16,18-21,23,25,42H2,1-2H3,(H,47,48)/t28-,30+,31-,32+,33-,34+,36+,37-,39+,41+/m1/s1. The monoisotopic (exact) mass is 679 g/mol. The molecule has 1 aromatic rings. The number of dihydropyridines is 1. The summed E-state index contributed by atoms with van der Waals surface area (Å²) in [6.45, 7) is 5.08. The molecule has 4 aliphatic rings. The van der Waals surface area contributed by atoms with Crippen molar-refractivity contribution in [1.82, 2.24) is 10.3 Å². The number of nitrogens with one attached hydrogen (secondary N) is 2. The Hall–Kier alpha value is -2.55. The van der Waals surface area contributed by atoms with E-state index in [9.17, 15) is 25.2 Å². The van der Waals surface area contributed by atoms with E-state index in [-0.39, 0.29) is 42.1 Å². The summed E-state index contributed by atoms with van der Waals surface area (Å²) < 4.78 is 0. The van der Waals surface area contributed by atoms with Crippen LogP contribution in [0.2, 0.25) is 0 Å². The molecule has 0 saturated heterocycles. The van der Waals surface area contributed by atoms with Crippen LogP contribution in [0.4, 0.5) is 0 Å². The number of aliphatic carboxylic acids is 1. The van der Waals surface area contributed by atoms with Crippen LogP contribution in [0, 0.1) is 35.5 Å². The number of aliphatic hydroxyl groups is 3. The van der Waals surface area contributed by atoms with Gasteiger partial charge in [-0.2, -0.15) is 0 Å². The highest BCUT2D eigenvalue weighted by atomic mass is 16.4. The molecule has 0 radical (unpaired) electrons. The van der Waals surface area contributed by atoms with Crippen LogP contribution in [-0.4, -0.2) is 55.7 Å². The van der Waals surface area contributed by atoms with E-state index in [0.717, 1.165) is 69.9 Å². The summed E-state index contributed by atoms with van der Waals surface area (Å²) >= 11 is 0. The molecule has 274 valence electrons. The zero-order chi connectivity index (χ0) is 35.0. The lowest BCUT2D eigenvalue weighted by Crippen LogP contribution is -2.42. The maximum atomic E-state index is 12.8. The third-order valence-electron chi connectivity index (χ3n) is 12.7. The molecule has 2 saturated carbocycles. The van der Waals surface area contributed by atoms with Gasteiger partial charge in [-0.05, 0) is 124 Å². The predicted octanol–water partition coefficient (Wildman–Crippen LogP) is 7.08. The van der Waals surface area contributed by atoms with Gasteiger partial charge < -0.3 is 36.5 Å². The summed E-state index contributed by atoms with van der Waals surface area (Å²) in [5.74, 6) is -0.239. The van der Waals surface area contributed by atoms with Gasteiger partial charge in [0.05, 0.1) is 29.5 Å². The van der Waals surface area contributed by atoms with E-state index < -0.39 is 23.6 Å². The quantitative estimate of drug-likeness (QED) is 0.0820. The topological polar surface area (TPSA) is 152 Å². The van der Waals surface area contributed by atoms with E-state index in [2.05, 4.69) is 54.6 Å². The van der Waals surface area contributed by atoms with Crippen molar-refractivity contribution in [3.63, 3.8) is 0 Å². The van der Waals surface area contributed by atoms with Gasteiger partial charge in [-0.15, -0.1) is 0 Å². The molecule has 8 heteroatoms. The molecule has 2 fully saturated rings. The summed E-state index contributed by atoms with van der Waals surface area (Å²) in [6, 6.07) is 2.25. The number of H-pyrrole nitrogens is 1. The van der Waals surface area contributed by atoms with Gasteiger partial charge in [0, 0.05) is 30.3 Å². The minimum atomic E-state index is -0.998. The van der Waals surface area contributed by atoms with Crippen LogP contribution in [0.3, 0.4) is 0 Å². The lowest BCUT2D eigenvalue weighted by molar-refractivity contribution is -0.150. The number of aromatic amines is 1. The minimum absolute atomic E-state index is 0.0177. The number of carboxylic acid groups (broad SMARTS) is 1. The van der Waals surface area contributed by atoms with Gasteiger partial charge in [0.1, 0.15) is 0 Å². The van der Waals surface area contributed by atoms with E-state index in [0.29, 0.717) is 37.5 Å². The summed E-state index contributed by atoms with van der Waals surface area (Å²) in [5, 5.41) is 48.4. The van der Waals surface area contributed by atoms with Gasteiger partial charge in [-0.25, -0.2) is 0 Å². The molecule has 0 bridgehead atoms. The Morgan fingerprint density at radius 3 is 2.51 bits per heavy atom. The molecular weight excluding hydrogens is 614 g/mol. The number of unbranched alkanes of at least 4 members (excludes halogenated alkanes) is 3. The Labute approximate surface area is 294 Å². The zero-order valence-electron chi connectivity index (χ0n) is 30.2. The molecule has 2 heterocycles. The van der Waals surface area contributed by atoms with Gasteiger partial charge in [0.25, 0.3) is 0 Å². The second-order valence-corrected chi connectivity index (χ2v) is 16.1. The van der Waals surface area contributed by atoms with Crippen LogP contribution in [0.25, 0.3) is 0 Å². The van der Waals surface area contributed by atoms with Gasteiger partial charge >= 0.3 is 5.97 Å². The highest BCUT2D eigenvalue weighted by molar-refractivity contribution is 5.71. The Bertz CT molecular complexity index is 1300. The summed E-state index contributed by atoms with van der Waals surface area (Å²) in [6.07, 6.45) is 24.1. The molecule has 8 N–H and O–H groups in total. The fourth-order valence-electron chi connectivity index (χ4n) is 9.92. The van der Waals surface area contributed by atoms with Gasteiger partial charge in [0.2, 0.25) is 0 Å². The number of carbonyl (C=O) groups is 1. The number of rotatable bonds is 14. The van der Waals surface area contributed by atoms with E-state index in [1.54, 1.807) is 0 Å². The predicted molar refractivity (Wildman–Crippen MR) is 195 cm³/mol. The normalized spacial score (nSPS) is 35.2. The minimum Gasteiger partial charge on any atom is -0.481 e. The van der Waals surface area contributed by atoms with Crippen molar-refractivity contribution in [1.29, 1.82) is 0 Å². The lowest BCUT2D eigenvalue weighted by Gasteiger charge is -2.39. The van der Waals surface area contributed by atoms with Crippen LogP contribution in [0.5, 0.6) is 0 Å². The molecule has 3 aliphatic carbocycles. The molecule has 49 heavy (non-hydrogen) atoms. The molecule has 10 atom stereocenters. The first-order chi connectivity index (χ1) is 23.6. The average Bonchev–Trinajstić information content (AvgIpc) is 3.67. The van der Waals surface area contributed by atoms with Crippen molar-refractivity contribution in [3.8, 4) is 0 Å². The van der Waals surface area contributed by atoms with Crippen molar-refractivity contribution in [3.05, 3.63) is 59.2 Å². The van der Waals surface area contributed by atoms with E-state index in [1.165, 1.54) is 30.4 Å². The molecule has 1 aliphatic heterocycles. The van der Waals surface area contributed by atoms with Crippen molar-refractivity contribution >= 4 is 5.97 Å². The maximum absolute atomic E-state index is 12.8. The van der Waals surface area contributed by atoms with Crippen molar-refractivity contribution < 1.29 is 25.2 Å². The molecule has 0 spiro atoms. The first kappa shape index (κ1) is 37.7. The second kappa shape index (κ2) is 17.6. The number of aliphatic hydroxyl groups excluding tert-OH is 2. The van der Waals surface area contributed by atoms with Gasteiger partial charge in [-0.1, -0.05) is 64.2 Å². The zero-order valence-corrected chi connectivity index (χ0v) is 30.2. The highest BCUT2D eigenvalue weighted by Gasteiger charge is 2.51. The third kappa shape index (κ3) is 9.83. The molecule has 0 aromatic carbocycles. The highest BCUT2D eigenvalue weighted by Crippen LogP contribution is 2.53. The maximum Gasteiger partial charge on any atom is 0.309 e. The van der Waals surface area contributed by atoms with Crippen LogP contribution in [0.15, 0.2) is 48.0 Å². The number of aromatic nitrogens is 1. The Morgan fingerprint density at radius 2 is 1.80 bits per heavy atom. The largest absolute Gasteiger partial charge is 0.481 e. The number of allylic oxidation sites excluding steroid dienone is 3. The smallest absolute Gasteiger partial charge is 0.309 e. The van der Waals surface area contributed by atoms with Gasteiger partial charge in [0.15, 0.2) is 0 Å². The van der Waals surface area contributed by atoms with Crippen LogP contribution in [-0.2, 0) is 11.2 Å². The van der Waals surface area contributed by atoms with E-state index >= 15 is 0 Å². The lowest BCUT2D eigenvalue weighted by atomic mass is 9.69. The molecule has 8 nitrogen and oxygen atoms in total. The Morgan fingerprint density at radius 1 is 1.00 bits per heavy atom. The average molecular weight is 680 g/mol. The Kier molecular flexibility index (Phi) is 13.5. The van der Waals surface area contributed by atoms with Crippen LogP contribution < -0.4 is 11.1 Å². The molecule has 5 rings (SSSR count). The molecule has 1 aromatic heterocycles. The van der Waals surface area contributed by atoms with Crippen molar-refractivity contribution in [2.75, 3.05) is 6.54 Å². The molecule has 0 amide bonds. The summed E-state index contributed by atoms with van der Waals surface area (Å²) in [7, 11) is 0. The molecule has 0 unspecified atom stereocenters. The van der Waals surface area contributed by atoms with E-state index in [1.807, 2.05) is 6.08 Å². The number of hydrogen-bond acceptors (Lipinski definition) is 6. The fraction of sp³-hybridized carbons (Fsp3) is 0.732. The fourth-order valence-corrected chi connectivity index (χ4v) is 9.92. The van der Waals surface area contributed by atoms with Crippen LogP contribution in [0.1, 0.15) is 134 Å². The molecular formula is C41H65N3O5. The first-order valence-corrected chi connectivity index (χ1v) is 19.7. The third-order valence-corrected chi connectivity index (χ3v) is 12.7. The number of fused-ring (bicyclic) bond motifs is 1.